The Balaban J connectivity index is 1.63. The Morgan fingerprint density at radius 2 is 1.79 bits per heavy atom. The van der Waals surface area contributed by atoms with Gasteiger partial charge in [-0.2, -0.15) is 13.2 Å². The molecule has 0 N–H and O–H groups in total. The van der Waals surface area contributed by atoms with Crippen LogP contribution in [0.4, 0.5) is 19.0 Å². The molecule has 128 valence electrons. The number of aromatic nitrogens is 2. The molecule has 3 heterocycles. The van der Waals surface area contributed by atoms with Gasteiger partial charge in [-0.05, 0) is 23.8 Å². The SMILES string of the molecule is FC(F)(F)c1ncccc1CN1CCN(c2ccc(Cl)cn2)CC1. The van der Waals surface area contributed by atoms with Crippen molar-refractivity contribution in [2.75, 3.05) is 31.1 Å². The third-order valence-corrected chi connectivity index (χ3v) is 4.19. The Morgan fingerprint density at radius 1 is 1.04 bits per heavy atom. The molecule has 0 spiro atoms. The minimum Gasteiger partial charge on any atom is -0.354 e. The van der Waals surface area contributed by atoms with E-state index >= 15 is 0 Å². The normalized spacial score (nSPS) is 16.4. The van der Waals surface area contributed by atoms with Crippen LogP contribution >= 0.6 is 11.6 Å². The fourth-order valence-electron chi connectivity index (χ4n) is 2.75. The first kappa shape index (κ1) is 17.0. The minimum absolute atomic E-state index is 0.211. The van der Waals surface area contributed by atoms with Crippen molar-refractivity contribution in [1.29, 1.82) is 0 Å². The second-order valence-electron chi connectivity index (χ2n) is 5.61. The molecule has 0 bridgehead atoms. The lowest BCUT2D eigenvalue weighted by molar-refractivity contribution is -0.142. The molecule has 1 aliphatic heterocycles. The van der Waals surface area contributed by atoms with Crippen molar-refractivity contribution in [1.82, 2.24) is 14.9 Å². The quantitative estimate of drug-likeness (QED) is 0.843. The lowest BCUT2D eigenvalue weighted by atomic mass is 10.1. The van der Waals surface area contributed by atoms with Crippen LogP contribution in [0.3, 0.4) is 0 Å². The summed E-state index contributed by atoms with van der Waals surface area (Å²) >= 11 is 5.83. The molecular weight excluding hydrogens is 341 g/mol. The Morgan fingerprint density at radius 3 is 2.42 bits per heavy atom. The summed E-state index contributed by atoms with van der Waals surface area (Å²) in [6.45, 7) is 2.98. The van der Waals surface area contributed by atoms with Gasteiger partial charge >= 0.3 is 6.18 Å². The first-order valence-electron chi connectivity index (χ1n) is 7.53. The molecule has 4 nitrogen and oxygen atoms in total. The molecule has 0 unspecified atom stereocenters. The number of rotatable bonds is 3. The Hall–Kier alpha value is -1.86. The molecule has 2 aromatic rings. The Kier molecular flexibility index (Phi) is 4.91. The van der Waals surface area contributed by atoms with Gasteiger partial charge in [0.15, 0.2) is 0 Å². The van der Waals surface area contributed by atoms with E-state index in [0.717, 1.165) is 5.82 Å². The van der Waals surface area contributed by atoms with Crippen LogP contribution in [-0.4, -0.2) is 41.0 Å². The smallest absolute Gasteiger partial charge is 0.354 e. The van der Waals surface area contributed by atoms with Gasteiger partial charge in [-0.15, -0.1) is 0 Å². The third-order valence-electron chi connectivity index (χ3n) is 3.96. The van der Waals surface area contributed by atoms with Gasteiger partial charge in [0, 0.05) is 45.1 Å². The van der Waals surface area contributed by atoms with E-state index in [1.807, 2.05) is 11.0 Å². The number of hydrogen-bond donors (Lipinski definition) is 0. The lowest BCUT2D eigenvalue weighted by Crippen LogP contribution is -2.46. The second kappa shape index (κ2) is 6.94. The highest BCUT2D eigenvalue weighted by Crippen LogP contribution is 2.30. The molecule has 0 saturated carbocycles. The highest BCUT2D eigenvalue weighted by atomic mass is 35.5. The first-order chi connectivity index (χ1) is 11.4. The van der Waals surface area contributed by atoms with E-state index < -0.39 is 11.9 Å². The number of nitrogens with zero attached hydrogens (tertiary/aromatic N) is 4. The van der Waals surface area contributed by atoms with E-state index in [-0.39, 0.29) is 12.1 Å². The van der Waals surface area contributed by atoms with E-state index in [1.54, 1.807) is 18.3 Å². The van der Waals surface area contributed by atoms with Crippen LogP contribution in [0.5, 0.6) is 0 Å². The summed E-state index contributed by atoms with van der Waals surface area (Å²) in [6, 6.07) is 6.66. The molecule has 2 aromatic heterocycles. The standard InChI is InChI=1S/C16H16ClF3N4/c17-13-3-4-14(22-10-13)24-8-6-23(7-9-24)11-12-2-1-5-21-15(12)16(18,19)20/h1-5,10H,6-9,11H2. The van der Waals surface area contributed by atoms with Crippen molar-refractivity contribution in [3.05, 3.63) is 52.9 Å². The third kappa shape index (κ3) is 3.96. The van der Waals surface area contributed by atoms with Crippen molar-refractivity contribution in [2.45, 2.75) is 12.7 Å². The van der Waals surface area contributed by atoms with Gasteiger partial charge in [-0.3, -0.25) is 9.88 Å². The van der Waals surface area contributed by atoms with Crippen molar-refractivity contribution < 1.29 is 13.2 Å². The van der Waals surface area contributed by atoms with Crippen LogP contribution < -0.4 is 4.90 Å². The molecule has 0 amide bonds. The van der Waals surface area contributed by atoms with Crippen LogP contribution in [0.25, 0.3) is 0 Å². The average Bonchev–Trinajstić information content (AvgIpc) is 2.56. The molecule has 0 aliphatic carbocycles. The number of piperazine rings is 1. The van der Waals surface area contributed by atoms with Gasteiger partial charge in [-0.1, -0.05) is 17.7 Å². The van der Waals surface area contributed by atoms with Crippen LogP contribution in [0.15, 0.2) is 36.7 Å². The molecule has 0 radical (unpaired) electrons. The minimum atomic E-state index is -4.42. The van der Waals surface area contributed by atoms with Crippen molar-refractivity contribution in [3.8, 4) is 0 Å². The molecule has 3 rings (SSSR count). The molecule has 8 heteroatoms. The van der Waals surface area contributed by atoms with Crippen molar-refractivity contribution in [3.63, 3.8) is 0 Å². The zero-order chi connectivity index (χ0) is 17.2. The zero-order valence-corrected chi connectivity index (χ0v) is 13.6. The predicted molar refractivity (Wildman–Crippen MR) is 86.0 cm³/mol. The molecule has 1 saturated heterocycles. The maximum atomic E-state index is 13.0. The van der Waals surface area contributed by atoms with Gasteiger partial charge in [0.1, 0.15) is 11.5 Å². The number of anilines is 1. The summed E-state index contributed by atoms with van der Waals surface area (Å²) in [4.78, 5) is 11.9. The highest BCUT2D eigenvalue weighted by molar-refractivity contribution is 6.30. The fourth-order valence-corrected chi connectivity index (χ4v) is 2.86. The van der Waals surface area contributed by atoms with E-state index in [9.17, 15) is 13.2 Å². The van der Waals surface area contributed by atoms with Crippen LogP contribution in [-0.2, 0) is 12.7 Å². The van der Waals surface area contributed by atoms with Gasteiger partial charge in [0.25, 0.3) is 0 Å². The molecule has 24 heavy (non-hydrogen) atoms. The zero-order valence-electron chi connectivity index (χ0n) is 12.8. The molecule has 0 aromatic carbocycles. The summed E-state index contributed by atoms with van der Waals surface area (Å²) in [5, 5.41) is 0.577. The second-order valence-corrected chi connectivity index (χ2v) is 6.04. The summed E-state index contributed by atoms with van der Waals surface area (Å²) in [5.74, 6) is 0.830. The van der Waals surface area contributed by atoms with E-state index in [0.29, 0.717) is 31.2 Å². The molecule has 0 atom stereocenters. The van der Waals surface area contributed by atoms with E-state index in [2.05, 4.69) is 14.9 Å². The lowest BCUT2D eigenvalue weighted by Gasteiger charge is -2.35. The molecular formula is C16H16ClF3N4. The summed E-state index contributed by atoms with van der Waals surface area (Å²) < 4.78 is 39.0. The fraction of sp³-hybridized carbons (Fsp3) is 0.375. The van der Waals surface area contributed by atoms with Gasteiger partial charge in [0.2, 0.25) is 0 Å². The summed E-state index contributed by atoms with van der Waals surface area (Å²) in [6.07, 6.45) is -1.66. The highest BCUT2D eigenvalue weighted by Gasteiger charge is 2.35. The van der Waals surface area contributed by atoms with Crippen molar-refractivity contribution in [2.24, 2.45) is 0 Å². The topological polar surface area (TPSA) is 32.3 Å². The number of pyridine rings is 2. The Labute approximate surface area is 142 Å². The number of halogens is 4. The van der Waals surface area contributed by atoms with E-state index in [4.69, 9.17) is 11.6 Å². The Bertz CT molecular complexity index is 682. The van der Waals surface area contributed by atoms with Gasteiger partial charge in [-0.25, -0.2) is 4.98 Å². The monoisotopic (exact) mass is 356 g/mol. The summed E-state index contributed by atoms with van der Waals surface area (Å²) in [5.41, 5.74) is -0.588. The van der Waals surface area contributed by atoms with E-state index in [1.165, 1.54) is 12.3 Å². The summed E-state index contributed by atoms with van der Waals surface area (Å²) in [7, 11) is 0. The predicted octanol–water partition coefficient (Wildman–Crippen LogP) is 3.47. The van der Waals surface area contributed by atoms with Crippen LogP contribution in [0, 0.1) is 0 Å². The number of hydrogen-bond acceptors (Lipinski definition) is 4. The van der Waals surface area contributed by atoms with Crippen LogP contribution in [0.1, 0.15) is 11.3 Å². The van der Waals surface area contributed by atoms with Crippen molar-refractivity contribution >= 4 is 17.4 Å². The average molecular weight is 357 g/mol. The van der Waals surface area contributed by atoms with Crippen LogP contribution in [0.2, 0.25) is 5.02 Å². The van der Waals surface area contributed by atoms with Gasteiger partial charge in [0.05, 0.1) is 5.02 Å². The number of alkyl halides is 3. The largest absolute Gasteiger partial charge is 0.433 e. The van der Waals surface area contributed by atoms with Gasteiger partial charge < -0.3 is 4.90 Å². The first-order valence-corrected chi connectivity index (χ1v) is 7.91. The maximum absolute atomic E-state index is 13.0. The molecule has 1 aliphatic rings. The molecule has 1 fully saturated rings. The maximum Gasteiger partial charge on any atom is 0.433 e.